The molecule has 0 aromatic carbocycles. The predicted octanol–water partition coefficient (Wildman–Crippen LogP) is 0.479. The van der Waals surface area contributed by atoms with Crippen LogP contribution in [0.5, 0.6) is 0 Å². The molecule has 0 saturated carbocycles. The van der Waals surface area contributed by atoms with Gasteiger partial charge in [0, 0.05) is 0 Å². The summed E-state index contributed by atoms with van der Waals surface area (Å²) in [6, 6.07) is -0.700. The van der Waals surface area contributed by atoms with Gasteiger partial charge >= 0.3 is 6.09 Å². The van der Waals surface area contributed by atoms with E-state index >= 15 is 0 Å². The van der Waals surface area contributed by atoms with Gasteiger partial charge in [-0.05, 0) is 34.6 Å². The molecule has 2 amide bonds. The Bertz CT molecular complexity index is 725. The van der Waals surface area contributed by atoms with Crippen molar-refractivity contribution in [2.45, 2.75) is 77.6 Å². The minimum absolute atomic E-state index is 0.118. The lowest BCUT2D eigenvalue weighted by Crippen LogP contribution is -2.47. The zero-order valence-corrected chi connectivity index (χ0v) is 15.7. The third-order valence-corrected chi connectivity index (χ3v) is 4.82. The molecule has 144 valence electrons. The number of ether oxygens (including phenoxy) is 1. The fourth-order valence-corrected chi connectivity index (χ4v) is 3.40. The Morgan fingerprint density at radius 1 is 1.31 bits per heavy atom. The highest BCUT2D eigenvalue weighted by Gasteiger charge is 2.46. The Balaban J connectivity index is 1.90. The van der Waals surface area contributed by atoms with Gasteiger partial charge in [-0.3, -0.25) is 14.4 Å². The SMILES string of the molecule is C[C@@H]1[C@@H](O)[C@H](O)C(=O)N1c1cnn2c1CN(C(=O)OC(C)(C)C)[C@@H](C)C2. The molecule has 1 aromatic heterocycles. The molecule has 26 heavy (non-hydrogen) atoms. The highest BCUT2D eigenvalue weighted by atomic mass is 16.6. The van der Waals surface area contributed by atoms with Crippen LogP contribution in [0.1, 0.15) is 40.3 Å². The molecule has 3 rings (SSSR count). The summed E-state index contributed by atoms with van der Waals surface area (Å²) in [4.78, 5) is 27.8. The molecule has 0 aliphatic carbocycles. The number of amides is 2. The number of hydrogen-bond donors (Lipinski definition) is 2. The molecule has 2 N–H and O–H groups in total. The monoisotopic (exact) mass is 366 g/mol. The normalized spacial score (nSPS) is 29.1. The summed E-state index contributed by atoms with van der Waals surface area (Å²) >= 11 is 0. The van der Waals surface area contributed by atoms with Crippen LogP contribution < -0.4 is 4.90 Å². The van der Waals surface area contributed by atoms with Crippen molar-refractivity contribution in [2.24, 2.45) is 0 Å². The van der Waals surface area contributed by atoms with Gasteiger partial charge in [-0.2, -0.15) is 5.10 Å². The van der Waals surface area contributed by atoms with Gasteiger partial charge in [0.25, 0.3) is 5.91 Å². The third-order valence-electron chi connectivity index (χ3n) is 4.82. The van der Waals surface area contributed by atoms with Crippen LogP contribution in [0.4, 0.5) is 10.5 Å². The molecule has 0 spiro atoms. The van der Waals surface area contributed by atoms with Crippen LogP contribution in [0, 0.1) is 0 Å². The van der Waals surface area contributed by atoms with Crippen LogP contribution in [0.25, 0.3) is 0 Å². The lowest BCUT2D eigenvalue weighted by molar-refractivity contribution is -0.126. The van der Waals surface area contributed by atoms with E-state index in [2.05, 4.69) is 5.10 Å². The minimum atomic E-state index is -1.45. The molecule has 9 heteroatoms. The van der Waals surface area contributed by atoms with Gasteiger partial charge in [0.15, 0.2) is 6.10 Å². The standard InChI is InChI=1S/C17H26N4O5/c1-9-7-20-12(8-19(9)16(25)26-17(3,4)5)11(6-18-20)21-10(2)13(22)14(23)15(21)24/h6,9-10,13-14,22-23H,7-8H2,1-5H3/t9-,10+,13+,14-/m0/s1. The topological polar surface area (TPSA) is 108 Å². The van der Waals surface area contributed by atoms with Gasteiger partial charge in [0.1, 0.15) is 11.7 Å². The average Bonchev–Trinajstić information content (AvgIpc) is 3.00. The van der Waals surface area contributed by atoms with Crippen molar-refractivity contribution in [1.82, 2.24) is 14.7 Å². The Kier molecular flexibility index (Phi) is 4.48. The van der Waals surface area contributed by atoms with Crippen LogP contribution in [-0.4, -0.2) is 66.8 Å². The summed E-state index contributed by atoms with van der Waals surface area (Å²) < 4.78 is 7.23. The maximum atomic E-state index is 12.5. The van der Waals surface area contributed by atoms with Crippen molar-refractivity contribution < 1.29 is 24.5 Å². The summed E-state index contributed by atoms with van der Waals surface area (Å²) in [5.41, 5.74) is 0.569. The zero-order valence-electron chi connectivity index (χ0n) is 15.7. The summed E-state index contributed by atoms with van der Waals surface area (Å²) in [6.45, 7) is 9.70. The van der Waals surface area contributed by atoms with Crippen molar-refractivity contribution >= 4 is 17.7 Å². The maximum Gasteiger partial charge on any atom is 0.410 e. The van der Waals surface area contributed by atoms with E-state index in [-0.39, 0.29) is 12.6 Å². The Morgan fingerprint density at radius 3 is 2.50 bits per heavy atom. The van der Waals surface area contributed by atoms with Gasteiger partial charge < -0.3 is 19.8 Å². The fourth-order valence-electron chi connectivity index (χ4n) is 3.40. The Labute approximate surface area is 152 Å². The molecular formula is C17H26N4O5. The number of rotatable bonds is 1. The molecule has 1 saturated heterocycles. The second kappa shape index (κ2) is 6.24. The minimum Gasteiger partial charge on any atom is -0.444 e. The van der Waals surface area contributed by atoms with Gasteiger partial charge in [0.2, 0.25) is 0 Å². The number of carbonyl (C=O) groups is 2. The van der Waals surface area contributed by atoms with E-state index in [0.29, 0.717) is 17.9 Å². The first kappa shape index (κ1) is 18.7. The number of aromatic nitrogens is 2. The summed E-state index contributed by atoms with van der Waals surface area (Å²) in [6.07, 6.45) is -1.50. The van der Waals surface area contributed by atoms with E-state index in [9.17, 15) is 19.8 Å². The van der Waals surface area contributed by atoms with E-state index in [1.54, 1.807) is 22.7 Å². The van der Waals surface area contributed by atoms with E-state index in [1.165, 1.54) is 4.90 Å². The van der Waals surface area contributed by atoms with E-state index in [1.807, 2.05) is 27.7 Å². The van der Waals surface area contributed by atoms with E-state index < -0.39 is 35.9 Å². The molecule has 1 aromatic rings. The number of aliphatic hydroxyl groups excluding tert-OH is 2. The second-order valence-electron chi connectivity index (χ2n) is 8.00. The van der Waals surface area contributed by atoms with Gasteiger partial charge in [-0.1, -0.05) is 0 Å². The molecule has 1 fully saturated rings. The van der Waals surface area contributed by atoms with Crippen molar-refractivity contribution in [2.75, 3.05) is 4.90 Å². The second-order valence-corrected chi connectivity index (χ2v) is 8.00. The molecule has 2 aliphatic rings. The van der Waals surface area contributed by atoms with Crippen LogP contribution in [0.3, 0.4) is 0 Å². The molecule has 9 nitrogen and oxygen atoms in total. The summed E-state index contributed by atoms with van der Waals surface area (Å²) in [5, 5.41) is 24.2. The highest BCUT2D eigenvalue weighted by Crippen LogP contribution is 2.33. The number of nitrogens with zero attached hydrogens (tertiary/aromatic N) is 4. The molecule has 3 heterocycles. The van der Waals surface area contributed by atoms with E-state index in [0.717, 1.165) is 0 Å². The third kappa shape index (κ3) is 3.05. The Hall–Kier alpha value is -2.13. The number of aliphatic hydroxyl groups is 2. The van der Waals surface area contributed by atoms with Crippen molar-refractivity contribution in [3.05, 3.63) is 11.9 Å². The lowest BCUT2D eigenvalue weighted by Gasteiger charge is -2.36. The van der Waals surface area contributed by atoms with Crippen LogP contribution >= 0.6 is 0 Å². The first-order valence-electron chi connectivity index (χ1n) is 8.74. The quantitative estimate of drug-likeness (QED) is 0.748. The van der Waals surface area contributed by atoms with E-state index in [4.69, 9.17) is 4.74 Å². The Morgan fingerprint density at radius 2 is 1.96 bits per heavy atom. The van der Waals surface area contributed by atoms with Gasteiger partial charge in [0.05, 0.1) is 42.8 Å². The first-order chi connectivity index (χ1) is 12.0. The zero-order chi connectivity index (χ0) is 19.4. The number of anilines is 1. The first-order valence-corrected chi connectivity index (χ1v) is 8.74. The molecule has 4 atom stereocenters. The molecule has 0 radical (unpaired) electrons. The van der Waals surface area contributed by atoms with Crippen LogP contribution in [0.15, 0.2) is 6.20 Å². The summed E-state index contributed by atoms with van der Waals surface area (Å²) in [7, 11) is 0. The number of fused-ring (bicyclic) bond motifs is 1. The van der Waals surface area contributed by atoms with Crippen molar-refractivity contribution in [3.63, 3.8) is 0 Å². The van der Waals surface area contributed by atoms with Crippen molar-refractivity contribution in [1.29, 1.82) is 0 Å². The van der Waals surface area contributed by atoms with Crippen LogP contribution in [0.2, 0.25) is 0 Å². The lowest BCUT2D eigenvalue weighted by atomic mass is 10.1. The van der Waals surface area contributed by atoms with Gasteiger partial charge in [-0.15, -0.1) is 0 Å². The largest absolute Gasteiger partial charge is 0.444 e. The van der Waals surface area contributed by atoms with Crippen LogP contribution in [-0.2, 0) is 22.6 Å². The highest BCUT2D eigenvalue weighted by molar-refractivity contribution is 6.00. The van der Waals surface area contributed by atoms with Gasteiger partial charge in [-0.25, -0.2) is 4.79 Å². The summed E-state index contributed by atoms with van der Waals surface area (Å²) in [5.74, 6) is -0.566. The molecule has 2 aliphatic heterocycles. The smallest absolute Gasteiger partial charge is 0.410 e. The molecule has 0 unspecified atom stereocenters. The number of carbonyl (C=O) groups excluding carboxylic acids is 2. The molecule has 0 bridgehead atoms. The van der Waals surface area contributed by atoms with Crippen molar-refractivity contribution in [3.8, 4) is 0 Å². The number of hydrogen-bond acceptors (Lipinski definition) is 6. The maximum absolute atomic E-state index is 12.5. The fraction of sp³-hybridized carbons (Fsp3) is 0.706. The average molecular weight is 366 g/mol. The molecular weight excluding hydrogens is 340 g/mol. The predicted molar refractivity (Wildman–Crippen MR) is 92.4 cm³/mol.